The monoisotopic (exact) mass is 277 g/mol. The number of aliphatic hydroxyl groups excluding tert-OH is 1. The van der Waals surface area contributed by atoms with Crippen LogP contribution in [0.25, 0.3) is 0 Å². The standard InChI is InChI=1S/C10H13BrClNO/c1-7(14)5-13-6-8-2-3-10(12)9(11)4-8/h2-4,7,13-14H,5-6H2,1H3. The Bertz CT molecular complexity index is 304. The van der Waals surface area contributed by atoms with Crippen LogP contribution in [-0.4, -0.2) is 17.8 Å². The highest BCUT2D eigenvalue weighted by atomic mass is 79.9. The van der Waals surface area contributed by atoms with E-state index in [2.05, 4.69) is 21.2 Å². The molecule has 0 saturated heterocycles. The number of hydrogen-bond donors (Lipinski definition) is 2. The van der Waals surface area contributed by atoms with E-state index in [1.165, 1.54) is 0 Å². The van der Waals surface area contributed by atoms with Crippen molar-refractivity contribution in [1.82, 2.24) is 5.32 Å². The molecule has 0 aliphatic heterocycles. The Hall–Kier alpha value is -0.0900. The fourth-order valence-electron chi connectivity index (χ4n) is 1.07. The van der Waals surface area contributed by atoms with Crippen molar-refractivity contribution in [3.05, 3.63) is 33.3 Å². The zero-order valence-electron chi connectivity index (χ0n) is 7.93. The molecule has 1 rings (SSSR count). The van der Waals surface area contributed by atoms with Gasteiger partial charge in [-0.15, -0.1) is 0 Å². The van der Waals surface area contributed by atoms with E-state index < -0.39 is 0 Å². The highest BCUT2D eigenvalue weighted by Gasteiger charge is 1.99. The summed E-state index contributed by atoms with van der Waals surface area (Å²) in [5, 5.41) is 12.9. The number of halogens is 2. The summed E-state index contributed by atoms with van der Waals surface area (Å²) in [5.74, 6) is 0. The van der Waals surface area contributed by atoms with Gasteiger partial charge in [0.2, 0.25) is 0 Å². The van der Waals surface area contributed by atoms with Crippen LogP contribution >= 0.6 is 27.5 Å². The molecule has 0 heterocycles. The highest BCUT2D eigenvalue weighted by molar-refractivity contribution is 9.10. The van der Waals surface area contributed by atoms with Crippen LogP contribution in [0.3, 0.4) is 0 Å². The van der Waals surface area contributed by atoms with E-state index in [0.29, 0.717) is 11.6 Å². The molecule has 0 fully saturated rings. The summed E-state index contributed by atoms with van der Waals surface area (Å²) in [7, 11) is 0. The molecule has 4 heteroatoms. The molecule has 0 saturated carbocycles. The number of benzene rings is 1. The van der Waals surface area contributed by atoms with Crippen molar-refractivity contribution in [3.8, 4) is 0 Å². The van der Waals surface area contributed by atoms with E-state index in [0.717, 1.165) is 16.6 Å². The second-order valence-electron chi connectivity index (χ2n) is 3.23. The fraction of sp³-hybridized carbons (Fsp3) is 0.400. The SMILES string of the molecule is CC(O)CNCc1ccc(Cl)c(Br)c1. The summed E-state index contributed by atoms with van der Waals surface area (Å²) in [6, 6.07) is 5.78. The molecule has 1 aromatic carbocycles. The van der Waals surface area contributed by atoms with Crippen LogP contribution < -0.4 is 5.32 Å². The molecule has 1 unspecified atom stereocenters. The molecule has 2 nitrogen and oxygen atoms in total. The van der Waals surface area contributed by atoms with Gasteiger partial charge >= 0.3 is 0 Å². The quantitative estimate of drug-likeness (QED) is 0.887. The Labute approximate surface area is 97.4 Å². The predicted molar refractivity (Wildman–Crippen MR) is 62.5 cm³/mol. The average molecular weight is 279 g/mol. The minimum absolute atomic E-state index is 0.314. The van der Waals surface area contributed by atoms with Crippen LogP contribution in [0.2, 0.25) is 5.02 Å². The summed E-state index contributed by atoms with van der Waals surface area (Å²) >= 11 is 9.22. The third kappa shape index (κ3) is 3.96. The molecule has 0 aliphatic rings. The second-order valence-corrected chi connectivity index (χ2v) is 4.49. The van der Waals surface area contributed by atoms with Crippen LogP contribution in [0.4, 0.5) is 0 Å². The van der Waals surface area contributed by atoms with Crippen LogP contribution in [0.1, 0.15) is 12.5 Å². The molecule has 0 amide bonds. The van der Waals surface area contributed by atoms with Gasteiger partial charge in [-0.3, -0.25) is 0 Å². The Morgan fingerprint density at radius 3 is 2.86 bits per heavy atom. The average Bonchev–Trinajstić information content (AvgIpc) is 2.10. The zero-order valence-corrected chi connectivity index (χ0v) is 10.3. The van der Waals surface area contributed by atoms with Crippen molar-refractivity contribution in [1.29, 1.82) is 0 Å². The fourth-order valence-corrected chi connectivity index (χ4v) is 1.62. The lowest BCUT2D eigenvalue weighted by atomic mass is 10.2. The largest absolute Gasteiger partial charge is 0.392 e. The normalized spacial score (nSPS) is 12.9. The molecule has 78 valence electrons. The maximum absolute atomic E-state index is 9.04. The minimum Gasteiger partial charge on any atom is -0.392 e. The molecule has 2 N–H and O–H groups in total. The first kappa shape index (κ1) is 12.0. The molecule has 0 bridgehead atoms. The second kappa shape index (κ2) is 5.71. The third-order valence-corrected chi connectivity index (χ3v) is 2.97. The van der Waals surface area contributed by atoms with E-state index in [9.17, 15) is 0 Å². The lowest BCUT2D eigenvalue weighted by Crippen LogP contribution is -2.23. The topological polar surface area (TPSA) is 32.3 Å². The smallest absolute Gasteiger partial charge is 0.0636 e. The van der Waals surface area contributed by atoms with Gasteiger partial charge in [-0.1, -0.05) is 17.7 Å². The van der Waals surface area contributed by atoms with Gasteiger partial charge in [0.05, 0.1) is 11.1 Å². The number of nitrogens with one attached hydrogen (secondary N) is 1. The predicted octanol–water partition coefficient (Wildman–Crippen LogP) is 2.57. The maximum atomic E-state index is 9.04. The van der Waals surface area contributed by atoms with Gasteiger partial charge in [0.25, 0.3) is 0 Å². The van der Waals surface area contributed by atoms with Gasteiger partial charge in [-0.05, 0) is 40.5 Å². The lowest BCUT2D eigenvalue weighted by molar-refractivity contribution is 0.191. The summed E-state index contributed by atoms with van der Waals surface area (Å²) in [4.78, 5) is 0. The highest BCUT2D eigenvalue weighted by Crippen LogP contribution is 2.22. The molecule has 0 aromatic heterocycles. The molecule has 0 aliphatic carbocycles. The molecular weight excluding hydrogens is 265 g/mol. The van der Waals surface area contributed by atoms with Gasteiger partial charge in [-0.25, -0.2) is 0 Å². The van der Waals surface area contributed by atoms with Gasteiger partial charge < -0.3 is 10.4 Å². The van der Waals surface area contributed by atoms with E-state index in [-0.39, 0.29) is 6.10 Å². The Morgan fingerprint density at radius 2 is 2.29 bits per heavy atom. The molecule has 0 radical (unpaired) electrons. The Morgan fingerprint density at radius 1 is 1.57 bits per heavy atom. The van der Waals surface area contributed by atoms with Crippen molar-refractivity contribution in [2.24, 2.45) is 0 Å². The van der Waals surface area contributed by atoms with E-state index in [1.807, 2.05) is 18.2 Å². The first-order valence-electron chi connectivity index (χ1n) is 4.42. The number of rotatable bonds is 4. The minimum atomic E-state index is -0.314. The van der Waals surface area contributed by atoms with Crippen LogP contribution in [0.15, 0.2) is 22.7 Å². The number of hydrogen-bond acceptors (Lipinski definition) is 2. The Kier molecular flexibility index (Phi) is 4.89. The maximum Gasteiger partial charge on any atom is 0.0636 e. The Balaban J connectivity index is 2.47. The summed E-state index contributed by atoms with van der Waals surface area (Å²) in [6.45, 7) is 3.09. The van der Waals surface area contributed by atoms with Gasteiger partial charge in [0, 0.05) is 17.6 Å². The number of aliphatic hydroxyl groups is 1. The summed E-state index contributed by atoms with van der Waals surface area (Å²) < 4.78 is 0.899. The van der Waals surface area contributed by atoms with Crippen molar-refractivity contribution < 1.29 is 5.11 Å². The third-order valence-electron chi connectivity index (χ3n) is 1.75. The van der Waals surface area contributed by atoms with Crippen molar-refractivity contribution in [2.75, 3.05) is 6.54 Å². The molecular formula is C10H13BrClNO. The van der Waals surface area contributed by atoms with Crippen LogP contribution in [0.5, 0.6) is 0 Å². The summed E-state index contributed by atoms with van der Waals surface area (Å²) in [6.07, 6.45) is -0.314. The zero-order chi connectivity index (χ0) is 10.6. The first-order valence-corrected chi connectivity index (χ1v) is 5.59. The van der Waals surface area contributed by atoms with E-state index in [4.69, 9.17) is 16.7 Å². The molecule has 1 aromatic rings. The summed E-state index contributed by atoms with van der Waals surface area (Å²) in [5.41, 5.74) is 1.14. The van der Waals surface area contributed by atoms with Crippen LogP contribution in [-0.2, 0) is 6.54 Å². The van der Waals surface area contributed by atoms with E-state index in [1.54, 1.807) is 6.92 Å². The van der Waals surface area contributed by atoms with Gasteiger partial charge in [0.15, 0.2) is 0 Å². The van der Waals surface area contributed by atoms with Crippen LogP contribution in [0, 0.1) is 0 Å². The van der Waals surface area contributed by atoms with Gasteiger partial charge in [0.1, 0.15) is 0 Å². The van der Waals surface area contributed by atoms with Gasteiger partial charge in [-0.2, -0.15) is 0 Å². The lowest BCUT2D eigenvalue weighted by Gasteiger charge is -2.07. The van der Waals surface area contributed by atoms with Crippen molar-refractivity contribution in [3.63, 3.8) is 0 Å². The van der Waals surface area contributed by atoms with Crippen molar-refractivity contribution >= 4 is 27.5 Å². The first-order chi connectivity index (χ1) is 6.59. The molecule has 0 spiro atoms. The van der Waals surface area contributed by atoms with E-state index >= 15 is 0 Å². The molecule has 14 heavy (non-hydrogen) atoms. The van der Waals surface area contributed by atoms with Crippen molar-refractivity contribution in [2.45, 2.75) is 19.6 Å². The molecule has 1 atom stereocenters.